The van der Waals surface area contributed by atoms with E-state index in [1.54, 1.807) is 0 Å². The second-order valence-electron chi connectivity index (χ2n) is 7.49. The van der Waals surface area contributed by atoms with E-state index in [0.29, 0.717) is 5.69 Å². The molecule has 2 saturated heterocycles. The number of carbonyl (C=O) groups is 1. The zero-order chi connectivity index (χ0) is 18.6. The van der Waals surface area contributed by atoms with Crippen molar-refractivity contribution < 1.29 is 9.53 Å². The van der Waals surface area contributed by atoms with Crippen molar-refractivity contribution >= 4 is 5.91 Å². The van der Waals surface area contributed by atoms with Crippen molar-refractivity contribution in [2.24, 2.45) is 0 Å². The number of aryl methyl sites for hydroxylation is 1. The molecule has 2 aromatic rings. The first-order valence-corrected chi connectivity index (χ1v) is 9.95. The summed E-state index contributed by atoms with van der Waals surface area (Å²) in [5.74, 6) is 0.821. The third kappa shape index (κ3) is 4.06. The van der Waals surface area contributed by atoms with Crippen LogP contribution < -0.4 is 0 Å². The Kier molecular flexibility index (Phi) is 5.55. The molecule has 1 atom stereocenters. The fourth-order valence-electron chi connectivity index (χ4n) is 4.08. The molecule has 4 rings (SSSR count). The maximum absolute atomic E-state index is 13.3. The van der Waals surface area contributed by atoms with E-state index in [1.807, 2.05) is 37.3 Å². The molecular formula is C21H28N4O2. The third-order valence-corrected chi connectivity index (χ3v) is 5.60. The molecule has 0 saturated carbocycles. The van der Waals surface area contributed by atoms with Crippen LogP contribution in [0.5, 0.6) is 0 Å². The Morgan fingerprint density at radius 1 is 1.19 bits per heavy atom. The Hall–Kier alpha value is -2.18. The molecule has 0 unspecified atom stereocenters. The second-order valence-corrected chi connectivity index (χ2v) is 7.49. The summed E-state index contributed by atoms with van der Waals surface area (Å²) in [4.78, 5) is 25.7. The van der Waals surface area contributed by atoms with Crippen LogP contribution in [0, 0.1) is 6.92 Å². The zero-order valence-electron chi connectivity index (χ0n) is 16.0. The van der Waals surface area contributed by atoms with Crippen LogP contribution in [-0.2, 0) is 4.74 Å². The van der Waals surface area contributed by atoms with Gasteiger partial charge in [-0.05, 0) is 26.2 Å². The summed E-state index contributed by atoms with van der Waals surface area (Å²) in [5.41, 5.74) is 2.40. The van der Waals surface area contributed by atoms with Gasteiger partial charge in [-0.15, -0.1) is 0 Å². The molecule has 2 fully saturated rings. The molecule has 1 N–H and O–H groups in total. The van der Waals surface area contributed by atoms with Crippen molar-refractivity contribution in [2.45, 2.75) is 32.2 Å². The number of imidazole rings is 1. The van der Waals surface area contributed by atoms with Crippen LogP contribution in [0.1, 0.15) is 35.4 Å². The average Bonchev–Trinajstić information content (AvgIpc) is 3.11. The Bertz CT molecular complexity index is 768. The summed E-state index contributed by atoms with van der Waals surface area (Å²) in [6, 6.07) is 10.2. The largest absolute Gasteiger partial charge is 0.379 e. The lowest BCUT2D eigenvalue weighted by molar-refractivity contribution is 0.0164. The van der Waals surface area contributed by atoms with Gasteiger partial charge in [-0.2, -0.15) is 0 Å². The fraction of sp³-hybridized carbons (Fsp3) is 0.524. The Morgan fingerprint density at radius 2 is 1.96 bits per heavy atom. The van der Waals surface area contributed by atoms with Crippen LogP contribution in [0.15, 0.2) is 30.3 Å². The molecule has 6 heteroatoms. The Labute approximate surface area is 160 Å². The molecule has 1 aromatic heterocycles. The molecule has 144 valence electrons. The SMILES string of the molecule is Cc1[nH]c(-c2ccccc2)nc1C(=O)N1CCCC[C@@H]1CN1CCOCC1. The number of H-pyrrole nitrogens is 1. The topological polar surface area (TPSA) is 61.5 Å². The lowest BCUT2D eigenvalue weighted by Crippen LogP contribution is -2.51. The molecule has 6 nitrogen and oxygen atoms in total. The first-order valence-electron chi connectivity index (χ1n) is 9.95. The maximum atomic E-state index is 13.3. The monoisotopic (exact) mass is 368 g/mol. The molecular weight excluding hydrogens is 340 g/mol. The van der Waals surface area contributed by atoms with Gasteiger partial charge in [0, 0.05) is 43.5 Å². The van der Waals surface area contributed by atoms with E-state index < -0.39 is 0 Å². The number of hydrogen-bond acceptors (Lipinski definition) is 4. The minimum atomic E-state index is 0.0592. The van der Waals surface area contributed by atoms with Gasteiger partial charge in [0.2, 0.25) is 0 Å². The van der Waals surface area contributed by atoms with Gasteiger partial charge in [-0.3, -0.25) is 9.69 Å². The van der Waals surface area contributed by atoms with E-state index in [9.17, 15) is 4.79 Å². The quantitative estimate of drug-likeness (QED) is 0.901. The predicted molar refractivity (Wildman–Crippen MR) is 105 cm³/mol. The normalized spacial score (nSPS) is 21.4. The molecule has 0 spiro atoms. The minimum absolute atomic E-state index is 0.0592. The van der Waals surface area contributed by atoms with E-state index in [4.69, 9.17) is 4.74 Å². The molecule has 3 heterocycles. The van der Waals surface area contributed by atoms with Gasteiger partial charge in [0.15, 0.2) is 0 Å². The van der Waals surface area contributed by atoms with Gasteiger partial charge in [0.1, 0.15) is 11.5 Å². The number of hydrogen-bond donors (Lipinski definition) is 1. The Morgan fingerprint density at radius 3 is 2.74 bits per heavy atom. The molecule has 2 aliphatic heterocycles. The number of rotatable bonds is 4. The molecule has 2 aliphatic rings. The number of carbonyl (C=O) groups excluding carboxylic acids is 1. The number of aromatic amines is 1. The van der Waals surface area contributed by atoms with Crippen molar-refractivity contribution in [1.82, 2.24) is 19.8 Å². The average molecular weight is 368 g/mol. The summed E-state index contributed by atoms with van der Waals surface area (Å²) >= 11 is 0. The van der Waals surface area contributed by atoms with Gasteiger partial charge in [0.05, 0.1) is 13.2 Å². The maximum Gasteiger partial charge on any atom is 0.274 e. The number of amides is 1. The van der Waals surface area contributed by atoms with Gasteiger partial charge < -0.3 is 14.6 Å². The molecule has 1 amide bonds. The highest BCUT2D eigenvalue weighted by Crippen LogP contribution is 2.23. The van der Waals surface area contributed by atoms with Crippen LogP contribution in [0.2, 0.25) is 0 Å². The predicted octanol–water partition coefficient (Wildman–Crippen LogP) is 2.71. The highest BCUT2D eigenvalue weighted by atomic mass is 16.5. The van der Waals surface area contributed by atoms with Gasteiger partial charge in [-0.25, -0.2) is 4.98 Å². The first-order chi connectivity index (χ1) is 13.2. The van der Waals surface area contributed by atoms with E-state index in [-0.39, 0.29) is 11.9 Å². The number of ether oxygens (including phenoxy) is 1. The van der Waals surface area contributed by atoms with Crippen LogP contribution in [0.25, 0.3) is 11.4 Å². The van der Waals surface area contributed by atoms with Crippen molar-refractivity contribution in [1.29, 1.82) is 0 Å². The number of piperidine rings is 1. The van der Waals surface area contributed by atoms with E-state index in [2.05, 4.69) is 19.8 Å². The molecule has 0 radical (unpaired) electrons. The van der Waals surface area contributed by atoms with Crippen molar-refractivity contribution in [3.8, 4) is 11.4 Å². The van der Waals surface area contributed by atoms with E-state index in [1.165, 1.54) is 6.42 Å². The summed E-state index contributed by atoms with van der Waals surface area (Å²) in [6.45, 7) is 7.19. The van der Waals surface area contributed by atoms with Gasteiger partial charge in [0.25, 0.3) is 5.91 Å². The third-order valence-electron chi connectivity index (χ3n) is 5.60. The minimum Gasteiger partial charge on any atom is -0.379 e. The molecule has 1 aromatic carbocycles. The lowest BCUT2D eigenvalue weighted by Gasteiger charge is -2.39. The van der Waals surface area contributed by atoms with Crippen molar-refractivity contribution in [3.63, 3.8) is 0 Å². The smallest absolute Gasteiger partial charge is 0.274 e. The van der Waals surface area contributed by atoms with Crippen LogP contribution in [0.3, 0.4) is 0 Å². The number of likely N-dealkylation sites (tertiary alicyclic amines) is 1. The van der Waals surface area contributed by atoms with Crippen LogP contribution in [0.4, 0.5) is 0 Å². The number of benzene rings is 1. The highest BCUT2D eigenvalue weighted by Gasteiger charge is 2.31. The number of nitrogens with one attached hydrogen (secondary N) is 1. The fourth-order valence-corrected chi connectivity index (χ4v) is 4.08. The standard InChI is InChI=1S/C21H28N4O2/c1-16-19(23-20(22-16)17-7-3-2-4-8-17)21(26)25-10-6-5-9-18(25)15-24-11-13-27-14-12-24/h2-4,7-8,18H,5-6,9-15H2,1H3,(H,22,23)/t18-/m1/s1. The highest BCUT2D eigenvalue weighted by molar-refractivity contribution is 5.94. The summed E-state index contributed by atoms with van der Waals surface area (Å²) in [6.07, 6.45) is 3.33. The molecule has 0 aliphatic carbocycles. The van der Waals surface area contributed by atoms with E-state index >= 15 is 0 Å². The van der Waals surface area contributed by atoms with Gasteiger partial charge in [-0.1, -0.05) is 30.3 Å². The number of morpholine rings is 1. The molecule has 0 bridgehead atoms. The first kappa shape index (κ1) is 18.2. The second kappa shape index (κ2) is 8.23. The van der Waals surface area contributed by atoms with Crippen molar-refractivity contribution in [3.05, 3.63) is 41.7 Å². The lowest BCUT2D eigenvalue weighted by atomic mass is 10.0. The summed E-state index contributed by atoms with van der Waals surface area (Å²) in [7, 11) is 0. The summed E-state index contributed by atoms with van der Waals surface area (Å²) in [5, 5.41) is 0. The zero-order valence-corrected chi connectivity index (χ0v) is 16.0. The Balaban J connectivity index is 1.52. The van der Waals surface area contributed by atoms with Crippen LogP contribution in [-0.4, -0.2) is 71.1 Å². The number of aromatic nitrogens is 2. The van der Waals surface area contributed by atoms with E-state index in [0.717, 1.165) is 69.3 Å². The van der Waals surface area contributed by atoms with Crippen LogP contribution >= 0.6 is 0 Å². The summed E-state index contributed by atoms with van der Waals surface area (Å²) < 4.78 is 5.46. The number of nitrogens with zero attached hydrogens (tertiary/aromatic N) is 3. The van der Waals surface area contributed by atoms with Gasteiger partial charge >= 0.3 is 0 Å². The van der Waals surface area contributed by atoms with Crippen molar-refractivity contribution in [2.75, 3.05) is 39.4 Å². The molecule has 27 heavy (non-hydrogen) atoms.